The van der Waals surface area contributed by atoms with Crippen LogP contribution in [0.15, 0.2) is 0 Å². The van der Waals surface area contributed by atoms with E-state index in [0.717, 1.165) is 12.8 Å². The third-order valence-corrected chi connectivity index (χ3v) is 3.13. The number of aliphatic hydroxyl groups excluding tert-OH is 2. The van der Waals surface area contributed by atoms with E-state index in [1.165, 1.54) is 45.4 Å². The lowest BCUT2D eigenvalue weighted by atomic mass is 10.0. The van der Waals surface area contributed by atoms with Crippen LogP contribution >= 0.6 is 0 Å². The number of rotatable bonds is 11. The van der Waals surface area contributed by atoms with E-state index in [4.69, 9.17) is 0 Å². The summed E-state index contributed by atoms with van der Waals surface area (Å²) in [4.78, 5) is 10.8. The molecule has 0 aliphatic rings. The van der Waals surface area contributed by atoms with Crippen molar-refractivity contribution < 1.29 is 15.0 Å². The molecule has 0 aromatic rings. The van der Waals surface area contributed by atoms with Crippen LogP contribution in [0.2, 0.25) is 0 Å². The van der Waals surface area contributed by atoms with Crippen molar-refractivity contribution in [1.82, 2.24) is 0 Å². The number of carbonyl (C=O) groups is 1. The molecule has 17 heavy (non-hydrogen) atoms. The Hall–Kier alpha value is -0.410. The second kappa shape index (κ2) is 10.7. The molecule has 0 spiro atoms. The second-order valence-corrected chi connectivity index (χ2v) is 4.89. The van der Waals surface area contributed by atoms with Crippen molar-refractivity contribution in [2.24, 2.45) is 0 Å². The normalized spacial score (nSPS) is 14.6. The highest BCUT2D eigenvalue weighted by molar-refractivity contribution is 5.80. The first kappa shape index (κ1) is 16.6. The Balaban J connectivity index is 3.30. The molecular formula is C14H28O3. The van der Waals surface area contributed by atoms with Gasteiger partial charge in [0.05, 0.1) is 6.10 Å². The maximum absolute atomic E-state index is 10.8. The molecule has 2 atom stereocenters. The Morgan fingerprint density at radius 2 is 1.41 bits per heavy atom. The van der Waals surface area contributed by atoms with Gasteiger partial charge in [0.15, 0.2) is 5.78 Å². The average molecular weight is 244 g/mol. The highest BCUT2D eigenvalue weighted by Gasteiger charge is 2.19. The fraction of sp³-hybridized carbons (Fsp3) is 0.929. The highest BCUT2D eigenvalue weighted by Crippen LogP contribution is 2.12. The van der Waals surface area contributed by atoms with Crippen LogP contribution in [0.1, 0.15) is 71.6 Å². The maximum Gasteiger partial charge on any atom is 0.160 e. The van der Waals surface area contributed by atoms with Gasteiger partial charge in [0.1, 0.15) is 6.10 Å². The molecule has 102 valence electrons. The van der Waals surface area contributed by atoms with Crippen molar-refractivity contribution in [1.29, 1.82) is 0 Å². The first-order valence-corrected chi connectivity index (χ1v) is 6.96. The number of unbranched alkanes of at least 4 members (excludes halogenated alkanes) is 7. The summed E-state index contributed by atoms with van der Waals surface area (Å²) in [5.74, 6) is -0.350. The third kappa shape index (κ3) is 9.31. The van der Waals surface area contributed by atoms with Gasteiger partial charge in [-0.3, -0.25) is 4.79 Å². The maximum atomic E-state index is 10.8. The van der Waals surface area contributed by atoms with Crippen LogP contribution in [-0.4, -0.2) is 28.2 Å². The van der Waals surface area contributed by atoms with E-state index < -0.39 is 12.2 Å². The van der Waals surface area contributed by atoms with Crippen LogP contribution in [0, 0.1) is 0 Å². The second-order valence-electron chi connectivity index (χ2n) is 4.89. The van der Waals surface area contributed by atoms with Crippen LogP contribution in [0.5, 0.6) is 0 Å². The van der Waals surface area contributed by atoms with E-state index in [2.05, 4.69) is 6.92 Å². The zero-order valence-electron chi connectivity index (χ0n) is 11.3. The van der Waals surface area contributed by atoms with Gasteiger partial charge in [-0.25, -0.2) is 0 Å². The van der Waals surface area contributed by atoms with Crippen LogP contribution in [0.4, 0.5) is 0 Å². The molecule has 2 N–H and O–H groups in total. The van der Waals surface area contributed by atoms with Gasteiger partial charge in [0.25, 0.3) is 0 Å². The van der Waals surface area contributed by atoms with E-state index in [9.17, 15) is 15.0 Å². The number of carbonyl (C=O) groups excluding carboxylic acids is 1. The Kier molecular flexibility index (Phi) is 10.5. The summed E-state index contributed by atoms with van der Waals surface area (Å²) in [5.41, 5.74) is 0. The minimum Gasteiger partial charge on any atom is -0.390 e. The summed E-state index contributed by atoms with van der Waals surface area (Å²) >= 11 is 0. The fourth-order valence-corrected chi connectivity index (χ4v) is 1.92. The largest absolute Gasteiger partial charge is 0.390 e. The van der Waals surface area contributed by atoms with Crippen LogP contribution in [0.25, 0.3) is 0 Å². The van der Waals surface area contributed by atoms with Gasteiger partial charge in [-0.15, -0.1) is 0 Å². The number of ketones is 1. The summed E-state index contributed by atoms with van der Waals surface area (Å²) < 4.78 is 0. The van der Waals surface area contributed by atoms with Gasteiger partial charge >= 0.3 is 0 Å². The summed E-state index contributed by atoms with van der Waals surface area (Å²) in [5, 5.41) is 18.8. The molecule has 0 aromatic heterocycles. The quantitative estimate of drug-likeness (QED) is 0.549. The first-order chi connectivity index (χ1) is 8.09. The SMILES string of the molecule is CCCCCCCCCCC(O)C(O)C(C)=O. The summed E-state index contributed by atoms with van der Waals surface area (Å²) in [6.07, 6.45) is 8.07. The molecule has 0 fully saturated rings. The lowest BCUT2D eigenvalue weighted by molar-refractivity contribution is -0.130. The van der Waals surface area contributed by atoms with Gasteiger partial charge in [-0.1, -0.05) is 58.3 Å². The molecule has 0 heterocycles. The standard InChI is InChI=1S/C14H28O3/c1-3-4-5-6-7-8-9-10-11-13(16)14(17)12(2)15/h13-14,16-17H,3-11H2,1-2H3. The molecule has 2 unspecified atom stereocenters. The summed E-state index contributed by atoms with van der Waals surface area (Å²) in [6, 6.07) is 0. The summed E-state index contributed by atoms with van der Waals surface area (Å²) in [6.45, 7) is 3.52. The molecule has 0 aliphatic heterocycles. The molecule has 0 rings (SSSR count). The van der Waals surface area contributed by atoms with Gasteiger partial charge in [0, 0.05) is 0 Å². The van der Waals surface area contributed by atoms with Crippen LogP contribution in [-0.2, 0) is 4.79 Å². The minimum atomic E-state index is -1.19. The molecule has 0 aromatic carbocycles. The molecule has 0 saturated heterocycles. The zero-order valence-corrected chi connectivity index (χ0v) is 11.3. The molecule has 0 saturated carbocycles. The van der Waals surface area contributed by atoms with Crippen molar-refractivity contribution in [3.05, 3.63) is 0 Å². The number of hydrogen-bond donors (Lipinski definition) is 2. The molecule has 0 radical (unpaired) electrons. The number of Topliss-reactive ketones (excluding diaryl/α,β-unsaturated/α-hetero) is 1. The Morgan fingerprint density at radius 3 is 1.88 bits per heavy atom. The molecule has 3 heteroatoms. The van der Waals surface area contributed by atoms with E-state index in [1.807, 2.05) is 0 Å². The van der Waals surface area contributed by atoms with Crippen LogP contribution < -0.4 is 0 Å². The van der Waals surface area contributed by atoms with Crippen molar-refractivity contribution >= 4 is 5.78 Å². The molecule has 3 nitrogen and oxygen atoms in total. The van der Waals surface area contributed by atoms with E-state index in [-0.39, 0.29) is 5.78 Å². The predicted octanol–water partition coefficient (Wildman–Crippen LogP) is 2.83. The van der Waals surface area contributed by atoms with E-state index in [1.54, 1.807) is 0 Å². The monoisotopic (exact) mass is 244 g/mol. The first-order valence-electron chi connectivity index (χ1n) is 6.96. The van der Waals surface area contributed by atoms with Crippen LogP contribution in [0.3, 0.4) is 0 Å². The topological polar surface area (TPSA) is 57.5 Å². The zero-order chi connectivity index (χ0) is 13.1. The molecule has 0 aliphatic carbocycles. The summed E-state index contributed by atoms with van der Waals surface area (Å²) in [7, 11) is 0. The molecular weight excluding hydrogens is 216 g/mol. The van der Waals surface area contributed by atoms with Crippen molar-refractivity contribution in [3.8, 4) is 0 Å². The third-order valence-electron chi connectivity index (χ3n) is 3.13. The Labute approximate surface area is 105 Å². The van der Waals surface area contributed by atoms with Crippen molar-refractivity contribution in [2.45, 2.75) is 83.8 Å². The van der Waals surface area contributed by atoms with Crippen molar-refractivity contribution in [2.75, 3.05) is 0 Å². The molecule has 0 bridgehead atoms. The highest BCUT2D eigenvalue weighted by atomic mass is 16.3. The number of aliphatic hydroxyl groups is 2. The van der Waals surface area contributed by atoms with Gasteiger partial charge in [-0.05, 0) is 13.3 Å². The van der Waals surface area contributed by atoms with Gasteiger partial charge in [0.2, 0.25) is 0 Å². The fourth-order valence-electron chi connectivity index (χ4n) is 1.92. The lowest BCUT2D eigenvalue weighted by Gasteiger charge is -2.14. The van der Waals surface area contributed by atoms with Gasteiger partial charge < -0.3 is 10.2 Å². The minimum absolute atomic E-state index is 0.350. The smallest absolute Gasteiger partial charge is 0.160 e. The molecule has 0 amide bonds. The lowest BCUT2D eigenvalue weighted by Crippen LogP contribution is -2.32. The Morgan fingerprint density at radius 1 is 0.941 bits per heavy atom. The number of hydrogen-bond acceptors (Lipinski definition) is 3. The average Bonchev–Trinajstić information content (AvgIpc) is 2.31. The Bertz CT molecular complexity index is 192. The van der Waals surface area contributed by atoms with Gasteiger partial charge in [-0.2, -0.15) is 0 Å². The van der Waals surface area contributed by atoms with Crippen molar-refractivity contribution in [3.63, 3.8) is 0 Å². The van der Waals surface area contributed by atoms with E-state index >= 15 is 0 Å². The predicted molar refractivity (Wildman–Crippen MR) is 69.9 cm³/mol. The van der Waals surface area contributed by atoms with E-state index in [0.29, 0.717) is 6.42 Å².